The van der Waals surface area contributed by atoms with Crippen LogP contribution in [0.3, 0.4) is 0 Å². The molecule has 0 saturated carbocycles. The molecule has 3 N–H and O–H groups in total. The highest BCUT2D eigenvalue weighted by Crippen LogP contribution is 2.50. The third-order valence-corrected chi connectivity index (χ3v) is 14.0. The standard InChI is InChI=1S/C37H41N5O7S.2ClH/c1-23-28(35(37(46)47)40-34(23)32(24(2)43)36(40)45)21-39-29-10-6-7-26-19-25(20-30(33(26)29)50(39,48)49)11-12-41-13-16-42(17-14-41,18-15-41)22-31(44)38-27-8-4-3-5-9-27;;/h3-10,19-20,23-24,32,34,43H,11-18,21-22H2,1-2H3;2*1H/t23-,24+,32+,34+,41?,42?;;/m0../s1. The molecule has 3 aromatic carbocycles. The average Bonchev–Trinajstić information content (AvgIpc) is 3.46. The molecule has 0 aliphatic carbocycles. The van der Waals surface area contributed by atoms with Gasteiger partial charge in [0.05, 0.1) is 41.7 Å². The summed E-state index contributed by atoms with van der Waals surface area (Å²) in [6.45, 7) is 10.2. The molecule has 2 amide bonds. The minimum Gasteiger partial charge on any atom is -1.00 e. The Labute approximate surface area is 315 Å². The summed E-state index contributed by atoms with van der Waals surface area (Å²) >= 11 is 0. The smallest absolute Gasteiger partial charge is 0.352 e. The topological polar surface area (TPSA) is 144 Å². The first kappa shape index (κ1) is 38.0. The highest BCUT2D eigenvalue weighted by molar-refractivity contribution is 7.93. The number of nitrogens with one attached hydrogen (secondary N) is 1. The molecule has 52 heavy (non-hydrogen) atoms. The van der Waals surface area contributed by atoms with Gasteiger partial charge in [-0.2, -0.15) is 0 Å². The Morgan fingerprint density at radius 3 is 2.25 bits per heavy atom. The third-order valence-electron chi connectivity index (χ3n) is 12.2. The Morgan fingerprint density at radius 2 is 1.62 bits per heavy atom. The molecule has 4 fully saturated rings. The van der Waals surface area contributed by atoms with Crippen LogP contribution in [0.15, 0.2) is 76.8 Å². The summed E-state index contributed by atoms with van der Waals surface area (Å²) in [4.78, 5) is 39.7. The van der Waals surface area contributed by atoms with Crippen LogP contribution in [0, 0.1) is 11.8 Å². The zero-order valence-electron chi connectivity index (χ0n) is 29.0. The van der Waals surface area contributed by atoms with Gasteiger partial charge in [-0.1, -0.05) is 43.3 Å². The SMILES string of the molecule is C[C@@H](O)[C@H]1C(=O)N2C(C(=O)O)=C(CN3c4cccc5cc(CC[N+]67CC[N+](CC(=O)Nc8ccccc8)(CC6)CC7)cc(c45)S3(=O)=O)[C@H](C)[C@H]12.[Cl-].[Cl-]. The first-order chi connectivity index (χ1) is 23.8. The number of rotatable bonds is 10. The van der Waals surface area contributed by atoms with Crippen LogP contribution in [-0.4, -0.2) is 121 Å². The lowest BCUT2D eigenvalue weighted by Crippen LogP contribution is -3.00. The number of anilines is 2. The third kappa shape index (κ3) is 5.95. The fourth-order valence-electron chi connectivity index (χ4n) is 9.32. The van der Waals surface area contributed by atoms with Crippen molar-refractivity contribution in [1.82, 2.24) is 4.90 Å². The molecule has 6 aliphatic heterocycles. The van der Waals surface area contributed by atoms with Crippen LogP contribution >= 0.6 is 0 Å². The Balaban J connectivity index is 0.00000232. The number of hydrogen-bond donors (Lipinski definition) is 3. The molecular formula is C37H43Cl2N5O7S. The molecule has 0 spiro atoms. The second kappa shape index (κ2) is 13.6. The van der Waals surface area contributed by atoms with Crippen molar-refractivity contribution in [3.8, 4) is 0 Å². The number of quaternary nitrogens is 2. The monoisotopic (exact) mass is 771 g/mol. The van der Waals surface area contributed by atoms with E-state index in [4.69, 9.17) is 0 Å². The number of carbonyl (C=O) groups excluding carboxylic acids is 2. The molecule has 9 rings (SSSR count). The lowest BCUT2D eigenvalue weighted by atomic mass is 9.78. The van der Waals surface area contributed by atoms with E-state index in [1.165, 1.54) is 16.1 Å². The number of sulfonamides is 1. The van der Waals surface area contributed by atoms with E-state index in [1.807, 2.05) is 42.5 Å². The van der Waals surface area contributed by atoms with Crippen LogP contribution < -0.4 is 34.4 Å². The highest BCUT2D eigenvalue weighted by atomic mass is 35.5. The molecule has 3 aromatic rings. The quantitative estimate of drug-likeness (QED) is 0.143. The number of benzene rings is 3. The van der Waals surface area contributed by atoms with Gasteiger partial charge in [-0.15, -0.1) is 0 Å². The van der Waals surface area contributed by atoms with E-state index in [0.29, 0.717) is 29.6 Å². The predicted molar refractivity (Wildman–Crippen MR) is 186 cm³/mol. The molecule has 0 unspecified atom stereocenters. The van der Waals surface area contributed by atoms with Crippen molar-refractivity contribution >= 4 is 50.0 Å². The summed E-state index contributed by atoms with van der Waals surface area (Å²) in [6, 6.07) is 18.4. The number of nitrogens with zero attached hydrogens (tertiary/aromatic N) is 4. The number of aliphatic carboxylic acids is 1. The fourth-order valence-corrected chi connectivity index (χ4v) is 11.1. The van der Waals surface area contributed by atoms with Crippen molar-refractivity contribution in [3.63, 3.8) is 0 Å². The predicted octanol–water partition coefficient (Wildman–Crippen LogP) is -3.61. The number of carbonyl (C=O) groups is 3. The molecule has 2 bridgehead atoms. The van der Waals surface area contributed by atoms with Gasteiger partial charge in [0, 0.05) is 23.4 Å². The summed E-state index contributed by atoms with van der Waals surface area (Å²) in [6.07, 6.45) is -0.233. The Morgan fingerprint density at radius 1 is 0.962 bits per heavy atom. The van der Waals surface area contributed by atoms with Gasteiger partial charge in [-0.05, 0) is 47.7 Å². The number of fused-ring (bicyclic) bond motifs is 4. The van der Waals surface area contributed by atoms with Crippen LogP contribution in [-0.2, 0) is 30.8 Å². The minimum absolute atomic E-state index is 0. The van der Waals surface area contributed by atoms with E-state index in [-0.39, 0.29) is 47.9 Å². The maximum Gasteiger partial charge on any atom is 0.352 e. The van der Waals surface area contributed by atoms with Crippen molar-refractivity contribution in [2.75, 3.05) is 68.5 Å². The molecule has 15 heteroatoms. The van der Waals surface area contributed by atoms with Gasteiger partial charge >= 0.3 is 5.97 Å². The molecule has 278 valence electrons. The Bertz CT molecular complexity index is 2070. The van der Waals surface area contributed by atoms with Crippen LogP contribution in [0.5, 0.6) is 0 Å². The largest absolute Gasteiger partial charge is 1.00 e. The number of carboxylic acid groups (broad SMARTS) is 1. The van der Waals surface area contributed by atoms with Crippen LogP contribution in [0.1, 0.15) is 19.4 Å². The normalized spacial score (nSPS) is 28.5. The number of para-hydroxylation sites is 1. The van der Waals surface area contributed by atoms with E-state index in [0.717, 1.165) is 71.4 Å². The van der Waals surface area contributed by atoms with Crippen LogP contribution in [0.2, 0.25) is 0 Å². The van der Waals surface area contributed by atoms with Gasteiger partial charge in [0.15, 0.2) is 6.54 Å². The maximum absolute atomic E-state index is 14.3. The lowest BCUT2D eigenvalue weighted by Gasteiger charge is -2.55. The molecule has 4 saturated heterocycles. The van der Waals surface area contributed by atoms with E-state index in [1.54, 1.807) is 19.1 Å². The molecule has 0 radical (unpaired) electrons. The fraction of sp³-hybridized carbons (Fsp3) is 0.432. The van der Waals surface area contributed by atoms with Crippen molar-refractivity contribution in [3.05, 3.63) is 77.5 Å². The number of aliphatic hydroxyl groups excluding tert-OH is 1. The zero-order valence-corrected chi connectivity index (χ0v) is 31.4. The van der Waals surface area contributed by atoms with Gasteiger partial charge in [0.1, 0.15) is 45.0 Å². The summed E-state index contributed by atoms with van der Waals surface area (Å²) in [5.41, 5.74) is 2.44. The average molecular weight is 773 g/mol. The first-order valence-corrected chi connectivity index (χ1v) is 18.9. The van der Waals surface area contributed by atoms with Crippen molar-refractivity contribution < 1.29 is 66.8 Å². The summed E-state index contributed by atoms with van der Waals surface area (Å²) in [5.74, 6) is -2.85. The second-order valence-electron chi connectivity index (χ2n) is 15.0. The molecule has 4 atom stereocenters. The van der Waals surface area contributed by atoms with Crippen molar-refractivity contribution in [2.45, 2.75) is 37.3 Å². The second-order valence-corrected chi connectivity index (χ2v) is 16.8. The van der Waals surface area contributed by atoms with Gasteiger partial charge in [-0.25, -0.2) is 13.2 Å². The molecule has 0 aromatic heterocycles. The molecule has 6 heterocycles. The van der Waals surface area contributed by atoms with E-state index in [2.05, 4.69) is 11.4 Å². The number of halogens is 2. The zero-order chi connectivity index (χ0) is 35.2. The number of aliphatic hydroxyl groups is 1. The number of carboxylic acids is 1. The highest BCUT2D eigenvalue weighted by Gasteiger charge is 2.60. The van der Waals surface area contributed by atoms with Crippen molar-refractivity contribution in [2.24, 2.45) is 11.8 Å². The lowest BCUT2D eigenvalue weighted by molar-refractivity contribution is -1.08. The number of amides is 2. The summed E-state index contributed by atoms with van der Waals surface area (Å²) < 4.78 is 31.6. The van der Waals surface area contributed by atoms with Crippen LogP contribution in [0.4, 0.5) is 11.4 Å². The van der Waals surface area contributed by atoms with Crippen molar-refractivity contribution in [1.29, 1.82) is 0 Å². The van der Waals surface area contributed by atoms with E-state index >= 15 is 0 Å². The van der Waals surface area contributed by atoms with Crippen LogP contribution in [0.25, 0.3) is 10.8 Å². The maximum atomic E-state index is 14.3. The minimum atomic E-state index is -4.03. The van der Waals surface area contributed by atoms with Gasteiger partial charge in [0.25, 0.3) is 15.9 Å². The number of hydrogen-bond acceptors (Lipinski definition) is 6. The summed E-state index contributed by atoms with van der Waals surface area (Å²) in [7, 11) is -4.03. The first-order valence-electron chi connectivity index (χ1n) is 17.4. The van der Waals surface area contributed by atoms with E-state index < -0.39 is 45.9 Å². The molecule has 6 aliphatic rings. The number of β-lactam (4-membered cyclic amide) rings is 1. The van der Waals surface area contributed by atoms with Gasteiger partial charge < -0.3 is 54.2 Å². The van der Waals surface area contributed by atoms with Gasteiger partial charge in [0.2, 0.25) is 5.91 Å². The van der Waals surface area contributed by atoms with E-state index in [9.17, 15) is 33.0 Å². The number of piperazine rings is 3. The summed E-state index contributed by atoms with van der Waals surface area (Å²) in [5, 5.41) is 24.9. The molecule has 12 nitrogen and oxygen atoms in total. The molecular weight excluding hydrogens is 729 g/mol. The Kier molecular flexibility index (Phi) is 9.95. The van der Waals surface area contributed by atoms with Gasteiger partial charge in [-0.3, -0.25) is 13.9 Å². The Hall–Kier alpha value is -3.72.